The number of nitrogens with zero attached hydrogens (tertiary/aromatic N) is 4. The Bertz CT molecular complexity index is 968. The van der Waals surface area contributed by atoms with Gasteiger partial charge < -0.3 is 10.3 Å². The van der Waals surface area contributed by atoms with E-state index in [2.05, 4.69) is 4.99 Å². The molecule has 0 saturated heterocycles. The summed E-state index contributed by atoms with van der Waals surface area (Å²) in [5.74, 6) is 0. The lowest BCUT2D eigenvalue weighted by molar-refractivity contribution is -0.137. The first kappa shape index (κ1) is 19.4. The molecule has 132 valence electrons. The molecule has 26 heavy (non-hydrogen) atoms. The summed E-state index contributed by atoms with van der Waals surface area (Å²) in [6.45, 7) is 0. The van der Waals surface area contributed by atoms with E-state index in [1.807, 2.05) is 0 Å². The van der Waals surface area contributed by atoms with Crippen molar-refractivity contribution < 1.29 is 13.2 Å². The van der Waals surface area contributed by atoms with Gasteiger partial charge in [0.15, 0.2) is 5.70 Å². The topological polar surface area (TPSA) is 90.9 Å². The molecular weight excluding hydrogens is 390 g/mol. The van der Waals surface area contributed by atoms with E-state index < -0.39 is 11.7 Å². The van der Waals surface area contributed by atoms with Gasteiger partial charge in [0.05, 0.1) is 21.3 Å². The van der Waals surface area contributed by atoms with Crippen molar-refractivity contribution in [2.45, 2.75) is 6.18 Å². The van der Waals surface area contributed by atoms with Crippen molar-refractivity contribution in [1.29, 1.82) is 10.5 Å². The van der Waals surface area contributed by atoms with Crippen molar-refractivity contribution in [2.75, 3.05) is 0 Å². The molecule has 1 aromatic heterocycles. The molecule has 2 rings (SSSR count). The molecule has 5 nitrogen and oxygen atoms in total. The number of allylic oxidation sites excluding steroid dienone is 2. The van der Waals surface area contributed by atoms with Crippen LogP contribution >= 0.6 is 23.2 Å². The zero-order valence-corrected chi connectivity index (χ0v) is 14.2. The van der Waals surface area contributed by atoms with Crippen molar-refractivity contribution in [1.82, 2.24) is 4.57 Å². The third-order valence-electron chi connectivity index (χ3n) is 3.14. The lowest BCUT2D eigenvalue weighted by Gasteiger charge is -2.13. The van der Waals surface area contributed by atoms with Gasteiger partial charge >= 0.3 is 6.18 Å². The molecule has 10 heteroatoms. The quantitative estimate of drug-likeness (QED) is 0.612. The molecule has 1 aromatic carbocycles. The monoisotopic (exact) mass is 397 g/mol. The number of hydrogen-bond donors (Lipinski definition) is 1. The number of aromatic nitrogens is 1. The molecule has 0 spiro atoms. The Labute approximate surface area is 156 Å². The van der Waals surface area contributed by atoms with Crippen LogP contribution < -0.4 is 5.73 Å². The van der Waals surface area contributed by atoms with Gasteiger partial charge in [-0.1, -0.05) is 23.2 Å². The van der Waals surface area contributed by atoms with Crippen molar-refractivity contribution in [3.63, 3.8) is 0 Å². The van der Waals surface area contributed by atoms with Crippen LogP contribution in [0.15, 0.2) is 47.0 Å². The summed E-state index contributed by atoms with van der Waals surface area (Å²) >= 11 is 11.9. The van der Waals surface area contributed by atoms with Crippen LogP contribution in [-0.2, 0) is 6.18 Å². The summed E-state index contributed by atoms with van der Waals surface area (Å²) < 4.78 is 39.8. The van der Waals surface area contributed by atoms with Gasteiger partial charge in [-0.15, -0.1) is 0 Å². The Morgan fingerprint density at radius 3 is 2.31 bits per heavy atom. The van der Waals surface area contributed by atoms with Crippen LogP contribution in [0.2, 0.25) is 10.0 Å². The van der Waals surface area contributed by atoms with Crippen molar-refractivity contribution in [2.24, 2.45) is 10.7 Å². The molecule has 0 atom stereocenters. The van der Waals surface area contributed by atoms with Crippen LogP contribution in [0, 0.1) is 22.7 Å². The van der Waals surface area contributed by atoms with Crippen LogP contribution in [0.25, 0.3) is 5.69 Å². The Kier molecular flexibility index (Phi) is 5.61. The number of benzene rings is 1. The first-order valence-corrected chi connectivity index (χ1v) is 7.51. The highest BCUT2D eigenvalue weighted by atomic mass is 35.5. The van der Waals surface area contributed by atoms with Gasteiger partial charge in [-0.25, -0.2) is 4.99 Å². The van der Waals surface area contributed by atoms with Crippen LogP contribution in [0.1, 0.15) is 11.1 Å². The molecule has 0 radical (unpaired) electrons. The van der Waals surface area contributed by atoms with Gasteiger partial charge in [0.25, 0.3) is 0 Å². The van der Waals surface area contributed by atoms with Gasteiger partial charge in [0.2, 0.25) is 0 Å². The second-order valence-electron chi connectivity index (χ2n) is 4.88. The molecule has 0 bridgehead atoms. The molecule has 0 saturated carbocycles. The molecule has 2 N–H and O–H groups in total. The molecule has 2 aromatic rings. The predicted molar refractivity (Wildman–Crippen MR) is 90.8 cm³/mol. The lowest BCUT2D eigenvalue weighted by atomic mass is 10.2. The number of nitrogens with two attached hydrogens (primary N) is 1. The van der Waals surface area contributed by atoms with E-state index in [1.54, 1.807) is 18.2 Å². The summed E-state index contributed by atoms with van der Waals surface area (Å²) in [6, 6.07) is 6.40. The highest BCUT2D eigenvalue weighted by molar-refractivity contribution is 6.37. The summed E-state index contributed by atoms with van der Waals surface area (Å²) in [5, 5.41) is 17.2. The van der Waals surface area contributed by atoms with Crippen LogP contribution in [0.4, 0.5) is 13.2 Å². The van der Waals surface area contributed by atoms with E-state index in [9.17, 15) is 13.2 Å². The molecule has 0 amide bonds. The summed E-state index contributed by atoms with van der Waals surface area (Å²) in [7, 11) is 0. The van der Waals surface area contributed by atoms with Crippen molar-refractivity contribution >= 4 is 29.4 Å². The summed E-state index contributed by atoms with van der Waals surface area (Å²) in [4.78, 5) is 3.80. The molecule has 0 aliphatic heterocycles. The molecule has 0 fully saturated rings. The standard InChI is InChI=1S/C16H8Cl2F3N5/c17-11-3-10(16(19,20)21)4-12(18)15(11)26-2-1-9(8-26)7-25-14(6-23)13(24)5-22/h1-4,7-8H,24H2/b14-13-,25-7+. The SMILES string of the molecule is N#C/C(N)=C(C#N)/N=C/c1ccn(-c2c(Cl)cc(C(F)(F)F)cc2Cl)c1. The van der Waals surface area contributed by atoms with E-state index in [-0.39, 0.29) is 27.1 Å². The number of rotatable bonds is 3. The molecular formula is C16H8Cl2F3N5. The average Bonchev–Trinajstić information content (AvgIpc) is 3.02. The Morgan fingerprint density at radius 2 is 1.81 bits per heavy atom. The van der Waals surface area contributed by atoms with Crippen molar-refractivity contribution in [3.05, 3.63) is 63.2 Å². The Morgan fingerprint density at radius 1 is 1.19 bits per heavy atom. The van der Waals surface area contributed by atoms with Gasteiger partial charge in [0, 0.05) is 24.2 Å². The molecule has 0 unspecified atom stereocenters. The second kappa shape index (κ2) is 7.52. The fourth-order valence-electron chi connectivity index (χ4n) is 1.95. The Hall–Kier alpha value is -2.94. The van der Waals surface area contributed by atoms with Crippen LogP contribution in [-0.4, -0.2) is 10.8 Å². The third kappa shape index (κ3) is 4.17. The number of hydrogen-bond acceptors (Lipinski definition) is 4. The van der Waals surface area contributed by atoms with E-state index in [1.165, 1.54) is 23.2 Å². The molecule has 1 heterocycles. The predicted octanol–water partition coefficient (Wildman–Crippen LogP) is 4.44. The fraction of sp³-hybridized carbons (Fsp3) is 0.0625. The minimum absolute atomic E-state index is 0.161. The van der Waals surface area contributed by atoms with E-state index in [0.29, 0.717) is 5.56 Å². The van der Waals surface area contributed by atoms with Crippen LogP contribution in [0.3, 0.4) is 0 Å². The Balaban J connectivity index is 2.40. The fourth-order valence-corrected chi connectivity index (χ4v) is 2.64. The normalized spacial score (nSPS) is 12.6. The minimum atomic E-state index is -4.57. The lowest BCUT2D eigenvalue weighted by Crippen LogP contribution is -2.06. The number of alkyl halides is 3. The zero-order chi connectivity index (χ0) is 19.5. The number of aliphatic imine (C=N–C) groups is 1. The minimum Gasteiger partial charge on any atom is -0.388 e. The van der Waals surface area contributed by atoms with E-state index in [4.69, 9.17) is 39.5 Å². The van der Waals surface area contributed by atoms with Gasteiger partial charge in [-0.3, -0.25) is 0 Å². The maximum absolute atomic E-state index is 12.8. The third-order valence-corrected chi connectivity index (χ3v) is 3.72. The first-order valence-electron chi connectivity index (χ1n) is 6.76. The maximum Gasteiger partial charge on any atom is 0.416 e. The zero-order valence-electron chi connectivity index (χ0n) is 12.7. The highest BCUT2D eigenvalue weighted by Gasteiger charge is 2.32. The van der Waals surface area contributed by atoms with Gasteiger partial charge in [-0.2, -0.15) is 23.7 Å². The van der Waals surface area contributed by atoms with Crippen LogP contribution in [0.5, 0.6) is 0 Å². The summed E-state index contributed by atoms with van der Waals surface area (Å²) in [5.41, 5.74) is 4.42. The number of nitriles is 2. The van der Waals surface area contributed by atoms with Crippen molar-refractivity contribution in [3.8, 4) is 17.8 Å². The average molecular weight is 398 g/mol. The van der Waals surface area contributed by atoms with Gasteiger partial charge in [-0.05, 0) is 18.2 Å². The highest BCUT2D eigenvalue weighted by Crippen LogP contribution is 2.37. The first-order chi connectivity index (χ1) is 12.2. The molecule has 0 aliphatic carbocycles. The van der Waals surface area contributed by atoms with E-state index in [0.717, 1.165) is 12.1 Å². The maximum atomic E-state index is 12.8. The largest absolute Gasteiger partial charge is 0.416 e. The second-order valence-corrected chi connectivity index (χ2v) is 5.70. The number of halogens is 5. The smallest absolute Gasteiger partial charge is 0.388 e. The molecule has 0 aliphatic rings. The van der Waals surface area contributed by atoms with E-state index >= 15 is 0 Å². The summed E-state index contributed by atoms with van der Waals surface area (Å²) in [6.07, 6.45) is -0.307. The van der Waals surface area contributed by atoms with Gasteiger partial charge in [0.1, 0.15) is 17.8 Å².